The van der Waals surface area contributed by atoms with Crippen LogP contribution < -0.4 is 5.32 Å². The average Bonchev–Trinajstić information content (AvgIpc) is 3.37. The summed E-state index contributed by atoms with van der Waals surface area (Å²) in [6.45, 7) is 4.32. The van der Waals surface area contributed by atoms with Gasteiger partial charge in [0, 0.05) is 6.42 Å². The molecule has 416 valence electrons. The third-order valence-electron chi connectivity index (χ3n) is 14.7. The number of unbranched alkanes of at least 4 members (excludes halogenated alkanes) is 44. The summed E-state index contributed by atoms with van der Waals surface area (Å²) in [4.78, 5) is 12.5. The van der Waals surface area contributed by atoms with Gasteiger partial charge in [0.2, 0.25) is 5.91 Å². The van der Waals surface area contributed by atoms with Crippen LogP contribution in [0.5, 0.6) is 0 Å². The fraction of sp³-hybridized carbons (Fsp3) is 0.836. The number of allylic oxidation sites excluding steroid dienone is 9. The summed E-state index contributed by atoms with van der Waals surface area (Å²) in [6, 6.07) is -0.644. The number of aliphatic hydroxyl groups is 2. The van der Waals surface area contributed by atoms with Gasteiger partial charge in [0.05, 0.1) is 18.8 Å². The molecule has 0 rings (SSSR count). The normalized spacial score (nSPS) is 13.1. The molecule has 0 fully saturated rings. The van der Waals surface area contributed by atoms with E-state index in [9.17, 15) is 15.0 Å². The van der Waals surface area contributed by atoms with Crippen LogP contribution in [0.25, 0.3) is 0 Å². The third kappa shape index (κ3) is 58.8. The molecule has 0 aliphatic heterocycles. The van der Waals surface area contributed by atoms with Crippen molar-refractivity contribution in [3.05, 3.63) is 60.8 Å². The monoisotopic (exact) mass is 992 g/mol. The minimum atomic E-state index is -0.867. The Labute approximate surface area is 445 Å². The van der Waals surface area contributed by atoms with Crippen molar-refractivity contribution in [2.24, 2.45) is 0 Å². The van der Waals surface area contributed by atoms with Crippen LogP contribution in [0.15, 0.2) is 60.8 Å². The number of amides is 1. The van der Waals surface area contributed by atoms with Crippen LogP contribution in [-0.2, 0) is 4.79 Å². The molecule has 0 aromatic rings. The van der Waals surface area contributed by atoms with Crippen molar-refractivity contribution in [3.8, 4) is 0 Å². The fourth-order valence-corrected chi connectivity index (χ4v) is 9.85. The van der Waals surface area contributed by atoms with Gasteiger partial charge in [-0.05, 0) is 70.6 Å². The van der Waals surface area contributed by atoms with E-state index in [0.29, 0.717) is 6.42 Å². The van der Waals surface area contributed by atoms with E-state index in [2.05, 4.69) is 67.8 Å². The molecule has 0 spiro atoms. The lowest BCUT2D eigenvalue weighted by Gasteiger charge is -2.19. The van der Waals surface area contributed by atoms with Crippen molar-refractivity contribution in [2.45, 2.75) is 353 Å². The molecule has 0 aromatic heterocycles. The standard InChI is InChI=1S/C67H125NO3/c1-3-5-7-9-11-13-15-17-19-21-23-25-27-29-31-32-33-34-35-37-38-40-42-44-46-48-50-52-54-56-58-60-62-66(70)65(64-69)68-67(71)63-61-59-57-55-53-51-49-47-45-43-41-39-36-30-28-26-24-22-20-18-16-14-12-10-8-6-4-2/h16,18,22,24,28,30,52,54,60,62,65-66,69-70H,3-15,17,19-21,23,25-27,29,31-51,53,55-59,61,63-64H2,1-2H3,(H,68,71)/b18-16-,24-22-,30-28-,54-52+,62-60+. The number of aliphatic hydroxyl groups excluding tert-OH is 2. The van der Waals surface area contributed by atoms with Crippen LogP contribution in [0.2, 0.25) is 0 Å². The first kappa shape index (κ1) is 69.1. The molecule has 0 aromatic carbocycles. The molecule has 71 heavy (non-hydrogen) atoms. The van der Waals surface area contributed by atoms with E-state index in [1.165, 1.54) is 276 Å². The van der Waals surface area contributed by atoms with Gasteiger partial charge in [0.15, 0.2) is 0 Å². The van der Waals surface area contributed by atoms with E-state index < -0.39 is 12.1 Å². The number of hydrogen-bond donors (Lipinski definition) is 3. The lowest BCUT2D eigenvalue weighted by atomic mass is 10.0. The largest absolute Gasteiger partial charge is 0.394 e. The Kier molecular flexibility index (Phi) is 60.7. The van der Waals surface area contributed by atoms with Gasteiger partial charge >= 0.3 is 0 Å². The number of carbonyl (C=O) groups is 1. The molecular weight excluding hydrogens is 867 g/mol. The summed E-state index contributed by atoms with van der Waals surface area (Å²) in [5.74, 6) is -0.0731. The number of carbonyl (C=O) groups excluding carboxylic acids is 1. The zero-order chi connectivity index (χ0) is 51.3. The maximum absolute atomic E-state index is 12.5. The lowest BCUT2D eigenvalue weighted by molar-refractivity contribution is -0.123. The highest BCUT2D eigenvalue weighted by Crippen LogP contribution is 2.18. The molecule has 2 unspecified atom stereocenters. The fourth-order valence-electron chi connectivity index (χ4n) is 9.85. The number of hydrogen-bond acceptors (Lipinski definition) is 3. The summed E-state index contributed by atoms with van der Waals surface area (Å²) >= 11 is 0. The van der Waals surface area contributed by atoms with E-state index in [-0.39, 0.29) is 12.5 Å². The maximum atomic E-state index is 12.5. The second kappa shape index (κ2) is 62.4. The molecule has 0 saturated heterocycles. The predicted octanol–water partition coefficient (Wildman–Crippen LogP) is 21.5. The van der Waals surface area contributed by atoms with E-state index in [1.807, 2.05) is 6.08 Å². The van der Waals surface area contributed by atoms with E-state index >= 15 is 0 Å². The van der Waals surface area contributed by atoms with E-state index in [1.54, 1.807) is 6.08 Å². The quantitative estimate of drug-likeness (QED) is 0.0420. The van der Waals surface area contributed by atoms with Gasteiger partial charge in [-0.2, -0.15) is 0 Å². The summed E-state index contributed by atoms with van der Waals surface area (Å²) in [5.41, 5.74) is 0. The Morgan fingerprint density at radius 3 is 0.915 bits per heavy atom. The first-order valence-corrected chi connectivity index (χ1v) is 32.0. The second-order valence-corrected chi connectivity index (χ2v) is 21.8. The smallest absolute Gasteiger partial charge is 0.220 e. The van der Waals surface area contributed by atoms with Crippen LogP contribution in [0.4, 0.5) is 0 Å². The van der Waals surface area contributed by atoms with Gasteiger partial charge in [-0.25, -0.2) is 0 Å². The summed E-state index contributed by atoms with van der Waals surface area (Å²) in [6.07, 6.45) is 88.5. The zero-order valence-corrected chi connectivity index (χ0v) is 48.0. The molecule has 0 saturated carbocycles. The van der Waals surface area contributed by atoms with E-state index in [4.69, 9.17) is 0 Å². The van der Waals surface area contributed by atoms with Crippen LogP contribution >= 0.6 is 0 Å². The van der Waals surface area contributed by atoms with Crippen LogP contribution in [0, 0.1) is 0 Å². The summed E-state index contributed by atoms with van der Waals surface area (Å²) in [5, 5.41) is 23.2. The Morgan fingerprint density at radius 2 is 0.592 bits per heavy atom. The van der Waals surface area contributed by atoms with Crippen molar-refractivity contribution in [3.63, 3.8) is 0 Å². The number of nitrogens with one attached hydrogen (secondary N) is 1. The molecule has 3 N–H and O–H groups in total. The molecule has 0 radical (unpaired) electrons. The van der Waals surface area contributed by atoms with Gasteiger partial charge < -0.3 is 15.5 Å². The molecule has 0 bridgehead atoms. The average molecular weight is 993 g/mol. The topological polar surface area (TPSA) is 69.6 Å². The summed E-state index contributed by atoms with van der Waals surface area (Å²) < 4.78 is 0. The van der Waals surface area contributed by atoms with Crippen molar-refractivity contribution >= 4 is 5.91 Å². The Hall–Kier alpha value is -1.91. The van der Waals surface area contributed by atoms with Crippen molar-refractivity contribution in [1.82, 2.24) is 5.32 Å². The van der Waals surface area contributed by atoms with Crippen molar-refractivity contribution in [1.29, 1.82) is 0 Å². The first-order valence-electron chi connectivity index (χ1n) is 32.0. The molecule has 1 amide bonds. The maximum Gasteiger partial charge on any atom is 0.220 e. The molecule has 0 aliphatic rings. The summed E-state index contributed by atoms with van der Waals surface area (Å²) in [7, 11) is 0. The SMILES string of the molecule is CCCCCCC/C=C\C/C=C\C/C=C\CCCCCCCCCCCCCCC(=O)NC(CO)C(O)/C=C/CC/C=C/CCCCCCCCCCCCCCCCCCCCCCCCCCCC. The Bertz CT molecular complexity index is 1170. The second-order valence-electron chi connectivity index (χ2n) is 21.8. The first-order chi connectivity index (χ1) is 35.2. The highest BCUT2D eigenvalue weighted by molar-refractivity contribution is 5.76. The van der Waals surface area contributed by atoms with Crippen molar-refractivity contribution in [2.75, 3.05) is 6.61 Å². The van der Waals surface area contributed by atoms with E-state index in [0.717, 1.165) is 44.9 Å². The molecule has 4 heteroatoms. The van der Waals surface area contributed by atoms with Crippen molar-refractivity contribution < 1.29 is 15.0 Å². The zero-order valence-electron chi connectivity index (χ0n) is 48.0. The molecular formula is C67H125NO3. The van der Waals surface area contributed by atoms with Gasteiger partial charge in [0.1, 0.15) is 0 Å². The van der Waals surface area contributed by atoms with Gasteiger partial charge in [-0.3, -0.25) is 4.79 Å². The highest BCUT2D eigenvalue weighted by Gasteiger charge is 2.18. The minimum absolute atomic E-state index is 0.0731. The Morgan fingerprint density at radius 1 is 0.338 bits per heavy atom. The van der Waals surface area contributed by atoms with Crippen LogP contribution in [0.3, 0.4) is 0 Å². The van der Waals surface area contributed by atoms with Gasteiger partial charge in [-0.1, -0.05) is 325 Å². The molecule has 2 atom stereocenters. The van der Waals surface area contributed by atoms with Gasteiger partial charge in [-0.15, -0.1) is 0 Å². The highest BCUT2D eigenvalue weighted by atomic mass is 16.3. The third-order valence-corrected chi connectivity index (χ3v) is 14.7. The molecule has 0 aliphatic carbocycles. The molecule has 0 heterocycles. The van der Waals surface area contributed by atoms with Crippen LogP contribution in [-0.4, -0.2) is 34.9 Å². The lowest BCUT2D eigenvalue weighted by Crippen LogP contribution is -2.45. The Balaban J connectivity index is 3.50. The minimum Gasteiger partial charge on any atom is -0.394 e. The van der Waals surface area contributed by atoms with Crippen LogP contribution in [0.1, 0.15) is 341 Å². The molecule has 4 nitrogen and oxygen atoms in total. The van der Waals surface area contributed by atoms with Gasteiger partial charge in [0.25, 0.3) is 0 Å². The number of rotatable bonds is 59. The predicted molar refractivity (Wildman–Crippen MR) is 318 cm³/mol.